The molecule has 0 bridgehead atoms. The third kappa shape index (κ3) is 2.56. The largest absolute Gasteiger partial charge is 0.390 e. The molecule has 2 saturated heterocycles. The maximum absolute atomic E-state index is 10.4. The molecule has 1 N–H and O–H groups in total. The van der Waals surface area contributed by atoms with Gasteiger partial charge in [0.05, 0.1) is 18.8 Å². The van der Waals surface area contributed by atoms with Gasteiger partial charge in [-0.05, 0) is 13.8 Å². The summed E-state index contributed by atoms with van der Waals surface area (Å²) in [5.74, 6) is 1.56. The van der Waals surface area contributed by atoms with E-state index in [2.05, 4.69) is 40.1 Å². The Bertz CT molecular complexity index is 617. The fraction of sp³-hybridized carbons (Fsp3) is 0.778. The van der Waals surface area contributed by atoms with Gasteiger partial charge < -0.3 is 14.7 Å². The van der Waals surface area contributed by atoms with Crippen molar-refractivity contribution in [3.63, 3.8) is 0 Å². The highest BCUT2D eigenvalue weighted by Crippen LogP contribution is 2.51. The quantitative estimate of drug-likeness (QED) is 0.837. The van der Waals surface area contributed by atoms with Crippen molar-refractivity contribution in [2.75, 3.05) is 31.2 Å². The molecule has 6 nitrogen and oxygen atoms in total. The topological polar surface area (TPSA) is 63.4 Å². The minimum atomic E-state index is -0.851. The number of rotatable bonds is 5. The fourth-order valence-corrected chi connectivity index (χ4v) is 3.84. The van der Waals surface area contributed by atoms with E-state index in [1.807, 2.05) is 26.8 Å². The van der Waals surface area contributed by atoms with Gasteiger partial charge >= 0.3 is 0 Å². The van der Waals surface area contributed by atoms with E-state index in [0.29, 0.717) is 6.54 Å². The first-order valence-corrected chi connectivity index (χ1v) is 8.70. The molecule has 0 radical (unpaired) electrons. The van der Waals surface area contributed by atoms with Gasteiger partial charge in [-0.15, -0.1) is 16.8 Å². The van der Waals surface area contributed by atoms with Gasteiger partial charge in [-0.1, -0.05) is 26.8 Å². The first kappa shape index (κ1) is 17.4. The Hall–Kier alpha value is -1.40. The second kappa shape index (κ2) is 5.56. The van der Waals surface area contributed by atoms with Crippen molar-refractivity contribution in [3.8, 4) is 0 Å². The molecule has 134 valence electrons. The van der Waals surface area contributed by atoms with Crippen LogP contribution in [0.4, 0.5) is 5.95 Å². The molecule has 6 heteroatoms. The second-order valence-corrected chi connectivity index (χ2v) is 8.60. The van der Waals surface area contributed by atoms with E-state index < -0.39 is 5.60 Å². The zero-order chi connectivity index (χ0) is 17.8. The van der Waals surface area contributed by atoms with Crippen molar-refractivity contribution in [3.05, 3.63) is 18.5 Å². The van der Waals surface area contributed by atoms with E-state index in [9.17, 15) is 5.11 Å². The molecule has 3 heterocycles. The molecule has 0 aliphatic carbocycles. The van der Waals surface area contributed by atoms with Gasteiger partial charge in [-0.25, -0.2) is 0 Å². The van der Waals surface area contributed by atoms with Crippen LogP contribution in [0.5, 0.6) is 0 Å². The van der Waals surface area contributed by atoms with Crippen molar-refractivity contribution in [2.24, 2.45) is 10.8 Å². The summed E-state index contributed by atoms with van der Waals surface area (Å²) in [4.78, 5) is 2.32. The zero-order valence-electron chi connectivity index (χ0n) is 15.5. The normalized spacial score (nSPS) is 31.3. The van der Waals surface area contributed by atoms with Crippen LogP contribution in [0.2, 0.25) is 0 Å². The number of hydrogen-bond acceptors (Lipinski definition) is 5. The van der Waals surface area contributed by atoms with E-state index >= 15 is 0 Å². The minimum Gasteiger partial charge on any atom is -0.390 e. The van der Waals surface area contributed by atoms with Crippen molar-refractivity contribution < 1.29 is 9.84 Å². The van der Waals surface area contributed by atoms with Crippen molar-refractivity contribution in [1.82, 2.24) is 14.8 Å². The molecule has 24 heavy (non-hydrogen) atoms. The molecule has 3 atom stereocenters. The van der Waals surface area contributed by atoms with Crippen LogP contribution in [-0.4, -0.2) is 51.8 Å². The van der Waals surface area contributed by atoms with E-state index in [-0.39, 0.29) is 16.7 Å². The van der Waals surface area contributed by atoms with Gasteiger partial charge in [-0.3, -0.25) is 4.57 Å². The summed E-state index contributed by atoms with van der Waals surface area (Å²) < 4.78 is 7.84. The lowest BCUT2D eigenvalue weighted by molar-refractivity contribution is 0.0519. The summed E-state index contributed by atoms with van der Waals surface area (Å²) in [7, 11) is 0. The molecule has 1 aromatic heterocycles. The Morgan fingerprint density at radius 1 is 1.29 bits per heavy atom. The smallest absolute Gasteiger partial charge is 0.227 e. The van der Waals surface area contributed by atoms with Gasteiger partial charge in [0.2, 0.25) is 5.95 Å². The monoisotopic (exact) mass is 334 g/mol. The third-order valence-electron chi connectivity index (χ3n) is 6.18. The lowest BCUT2D eigenvalue weighted by atomic mass is 9.71. The maximum Gasteiger partial charge on any atom is 0.227 e. The Kier molecular flexibility index (Phi) is 4.04. The van der Waals surface area contributed by atoms with Crippen LogP contribution in [0, 0.1) is 10.8 Å². The molecule has 0 aromatic carbocycles. The van der Waals surface area contributed by atoms with Crippen LogP contribution in [0.25, 0.3) is 0 Å². The van der Waals surface area contributed by atoms with Gasteiger partial charge in [0.25, 0.3) is 0 Å². The lowest BCUT2D eigenvalue weighted by Gasteiger charge is -2.29. The van der Waals surface area contributed by atoms with Crippen molar-refractivity contribution in [1.29, 1.82) is 0 Å². The molecule has 0 spiro atoms. The first-order valence-electron chi connectivity index (χ1n) is 8.70. The van der Waals surface area contributed by atoms with Gasteiger partial charge in [0.15, 0.2) is 0 Å². The van der Waals surface area contributed by atoms with Crippen LogP contribution in [-0.2, 0) is 11.3 Å². The fourth-order valence-electron chi connectivity index (χ4n) is 3.84. The molecule has 2 aliphatic rings. The molecule has 2 aliphatic heterocycles. The highest BCUT2D eigenvalue weighted by molar-refractivity contribution is 5.38. The van der Waals surface area contributed by atoms with Gasteiger partial charge in [-0.2, -0.15) is 0 Å². The first-order chi connectivity index (χ1) is 11.1. The molecule has 0 saturated carbocycles. The summed E-state index contributed by atoms with van der Waals surface area (Å²) in [5.41, 5.74) is -0.573. The van der Waals surface area contributed by atoms with Crippen LogP contribution in [0.15, 0.2) is 12.7 Å². The number of allylic oxidation sites excluding steroid dienone is 1. The summed E-state index contributed by atoms with van der Waals surface area (Å²) in [6.45, 7) is 18.1. The molecule has 3 rings (SSSR count). The number of aromatic nitrogens is 3. The summed E-state index contributed by atoms with van der Waals surface area (Å²) in [6.07, 6.45) is 1.86. The van der Waals surface area contributed by atoms with Crippen molar-refractivity contribution in [2.45, 2.75) is 52.7 Å². The Morgan fingerprint density at radius 3 is 2.38 bits per heavy atom. The third-order valence-corrected chi connectivity index (χ3v) is 6.18. The minimum absolute atomic E-state index is 0.115. The maximum atomic E-state index is 10.4. The van der Waals surface area contributed by atoms with Crippen LogP contribution < -0.4 is 4.90 Å². The molecular weight excluding hydrogens is 304 g/mol. The van der Waals surface area contributed by atoms with Crippen LogP contribution >= 0.6 is 0 Å². The van der Waals surface area contributed by atoms with E-state index in [1.54, 1.807) is 0 Å². The second-order valence-electron chi connectivity index (χ2n) is 8.60. The number of nitrogens with zero attached hydrogens (tertiary/aromatic N) is 4. The number of ether oxygens (including phenoxy) is 1. The lowest BCUT2D eigenvalue weighted by Crippen LogP contribution is -2.34. The van der Waals surface area contributed by atoms with Crippen molar-refractivity contribution >= 4 is 5.95 Å². The van der Waals surface area contributed by atoms with Crippen LogP contribution in [0.3, 0.4) is 0 Å². The molecular formula is C18H30N4O2. The Morgan fingerprint density at radius 2 is 1.88 bits per heavy atom. The molecule has 2 fully saturated rings. The summed E-state index contributed by atoms with van der Waals surface area (Å²) in [5, 5.41) is 19.3. The number of anilines is 1. The van der Waals surface area contributed by atoms with E-state index in [4.69, 9.17) is 4.74 Å². The number of fused-ring (bicyclic) bond motifs is 1. The highest BCUT2D eigenvalue weighted by Gasteiger charge is 2.56. The molecule has 1 aromatic rings. The Balaban J connectivity index is 1.95. The number of aliphatic hydroxyl groups is 1. The van der Waals surface area contributed by atoms with E-state index in [1.165, 1.54) is 0 Å². The zero-order valence-corrected chi connectivity index (χ0v) is 15.5. The standard InChI is InChI=1S/C18H30N4O2/c1-7-8-22-14(13(2)16(3,4)23)19-20-15(22)21-9-17(5)11-24-12-18(17,6)10-21/h7,13,23H,1,8-12H2,2-6H3/t13?,17-,18+. The number of hydrogen-bond donors (Lipinski definition) is 1. The highest BCUT2D eigenvalue weighted by atomic mass is 16.5. The summed E-state index contributed by atoms with van der Waals surface area (Å²) in [6, 6.07) is 0. The van der Waals surface area contributed by atoms with E-state index in [0.717, 1.165) is 38.1 Å². The van der Waals surface area contributed by atoms with Gasteiger partial charge in [0, 0.05) is 36.4 Å². The molecule has 1 unspecified atom stereocenters. The van der Waals surface area contributed by atoms with Crippen LogP contribution in [0.1, 0.15) is 46.4 Å². The predicted molar refractivity (Wildman–Crippen MR) is 94.2 cm³/mol. The van der Waals surface area contributed by atoms with Gasteiger partial charge in [0.1, 0.15) is 5.82 Å². The predicted octanol–water partition coefficient (Wildman–Crippen LogP) is 2.20. The molecule has 0 amide bonds. The summed E-state index contributed by atoms with van der Waals surface area (Å²) >= 11 is 0. The average molecular weight is 334 g/mol. The average Bonchev–Trinajstić information content (AvgIpc) is 3.06. The Labute approximate surface area is 144 Å². The SMILES string of the molecule is C=CCn1c(C(C)C(C)(C)O)nnc1N1C[C@]2(C)COC[C@]2(C)C1.